The SMILES string of the molecule is C[O-].[H-].[Na+].[Na+]. The van der Waals surface area contributed by atoms with Gasteiger partial charge in [-0.1, -0.05) is 0 Å². The first kappa shape index (κ1) is 16.7. The Hall–Kier alpha value is 1.96. The molecule has 4 heavy (non-hydrogen) atoms. The van der Waals surface area contributed by atoms with E-state index in [4.69, 9.17) is 5.11 Å². The van der Waals surface area contributed by atoms with Gasteiger partial charge in [0.2, 0.25) is 0 Å². The van der Waals surface area contributed by atoms with Crippen molar-refractivity contribution in [2.75, 3.05) is 7.11 Å². The maximum atomic E-state index is 8.25. The van der Waals surface area contributed by atoms with Crippen LogP contribution in [0.1, 0.15) is 1.43 Å². The summed E-state index contributed by atoms with van der Waals surface area (Å²) in [5.74, 6) is 0. The maximum absolute atomic E-state index is 8.25. The van der Waals surface area contributed by atoms with E-state index >= 15 is 0 Å². The first-order valence-corrected chi connectivity index (χ1v) is 0.408. The summed E-state index contributed by atoms with van der Waals surface area (Å²) in [5, 5.41) is 8.25. The smallest absolute Gasteiger partial charge is 1.00 e. The monoisotopic (exact) mass is 78.0 g/mol. The van der Waals surface area contributed by atoms with Crippen LogP contribution in [0.25, 0.3) is 0 Å². The summed E-state index contributed by atoms with van der Waals surface area (Å²) in [6.07, 6.45) is 0. The van der Waals surface area contributed by atoms with Crippen LogP contribution >= 0.6 is 0 Å². The zero-order valence-electron chi connectivity index (χ0n) is 4.41. The molecule has 0 aliphatic rings. The van der Waals surface area contributed by atoms with Gasteiger partial charge in [0.25, 0.3) is 0 Å². The fourth-order valence-electron chi connectivity index (χ4n) is 0. The molecule has 3 heteroatoms. The number of hydrogen-bond acceptors (Lipinski definition) is 1. The molecule has 0 spiro atoms. The van der Waals surface area contributed by atoms with Gasteiger partial charge >= 0.3 is 59.1 Å². The molecule has 0 aromatic carbocycles. The van der Waals surface area contributed by atoms with Gasteiger partial charge in [0.1, 0.15) is 0 Å². The topological polar surface area (TPSA) is 23.1 Å². The molecule has 0 amide bonds. The second-order valence-corrected chi connectivity index (χ2v) is 0. The van der Waals surface area contributed by atoms with Crippen LogP contribution in [-0.4, -0.2) is 7.11 Å². The van der Waals surface area contributed by atoms with Crippen LogP contribution in [0.4, 0.5) is 0 Å². The molecular formula is CH4Na2O. The quantitative estimate of drug-likeness (QED) is 0.264. The molecule has 0 aromatic rings. The minimum atomic E-state index is 0. The molecule has 0 aliphatic heterocycles. The van der Waals surface area contributed by atoms with E-state index < -0.39 is 0 Å². The van der Waals surface area contributed by atoms with E-state index in [-0.39, 0.29) is 60.5 Å². The Morgan fingerprint density at radius 3 is 1.25 bits per heavy atom. The van der Waals surface area contributed by atoms with Gasteiger partial charge in [-0.15, -0.1) is 0 Å². The molecule has 0 aromatic heterocycles. The van der Waals surface area contributed by atoms with E-state index in [1.54, 1.807) is 0 Å². The van der Waals surface area contributed by atoms with Crippen molar-refractivity contribution in [1.82, 2.24) is 0 Å². The first-order valence-electron chi connectivity index (χ1n) is 0.408. The molecule has 0 fully saturated rings. The van der Waals surface area contributed by atoms with Crippen LogP contribution in [0.2, 0.25) is 0 Å². The van der Waals surface area contributed by atoms with E-state index in [1.165, 1.54) is 0 Å². The molecule has 0 aliphatic carbocycles. The number of rotatable bonds is 0. The predicted octanol–water partition coefficient (Wildman–Crippen LogP) is -6.90. The molecule has 16 valence electrons. The van der Waals surface area contributed by atoms with Gasteiger partial charge < -0.3 is 6.53 Å². The molecule has 0 heterocycles. The Kier molecular flexibility index (Phi) is 84.7. The Balaban J connectivity index is -0.00000000167. The van der Waals surface area contributed by atoms with Crippen LogP contribution in [-0.2, 0) is 0 Å². The van der Waals surface area contributed by atoms with Crippen molar-refractivity contribution in [3.8, 4) is 0 Å². The largest absolute Gasteiger partial charge is 1.00 e. The summed E-state index contributed by atoms with van der Waals surface area (Å²) in [7, 11) is 0.750. The summed E-state index contributed by atoms with van der Waals surface area (Å²) in [4.78, 5) is 0. The van der Waals surface area contributed by atoms with Gasteiger partial charge in [-0.25, -0.2) is 0 Å². The van der Waals surface area contributed by atoms with Gasteiger partial charge in [-0.2, -0.15) is 7.11 Å². The molecule has 0 bridgehead atoms. The Labute approximate surface area is 71.8 Å². The second-order valence-electron chi connectivity index (χ2n) is 0. The Morgan fingerprint density at radius 1 is 1.25 bits per heavy atom. The minimum absolute atomic E-state index is 0. The van der Waals surface area contributed by atoms with Gasteiger partial charge in [0, 0.05) is 0 Å². The Bertz CT molecular complexity index is 9.61. The van der Waals surface area contributed by atoms with Gasteiger partial charge in [0.15, 0.2) is 0 Å². The molecule has 0 N–H and O–H groups in total. The average molecular weight is 78.0 g/mol. The third-order valence-corrected chi connectivity index (χ3v) is 0. The summed E-state index contributed by atoms with van der Waals surface area (Å²) >= 11 is 0. The van der Waals surface area contributed by atoms with Crippen molar-refractivity contribution in [3.05, 3.63) is 0 Å². The van der Waals surface area contributed by atoms with E-state index in [0.29, 0.717) is 0 Å². The zero-order chi connectivity index (χ0) is 2.00. The molecule has 1 nitrogen and oxygen atoms in total. The van der Waals surface area contributed by atoms with Crippen LogP contribution in [0.5, 0.6) is 0 Å². The molecule has 0 unspecified atom stereocenters. The summed E-state index contributed by atoms with van der Waals surface area (Å²) < 4.78 is 0. The summed E-state index contributed by atoms with van der Waals surface area (Å²) in [6.45, 7) is 0. The van der Waals surface area contributed by atoms with E-state index in [0.717, 1.165) is 7.11 Å². The first-order chi connectivity index (χ1) is 1.00. The summed E-state index contributed by atoms with van der Waals surface area (Å²) in [6, 6.07) is 0. The van der Waals surface area contributed by atoms with Crippen molar-refractivity contribution < 1.29 is 65.6 Å². The molecule has 0 saturated carbocycles. The standard InChI is InChI=1S/CH3O.2Na.H/c1-2;;;/h1H3;;;/q-1;2*+1;-1. The molecule has 0 saturated heterocycles. The van der Waals surface area contributed by atoms with Crippen molar-refractivity contribution >= 4 is 0 Å². The molecule has 0 rings (SSSR count). The van der Waals surface area contributed by atoms with E-state index in [1.807, 2.05) is 0 Å². The fraction of sp³-hybridized carbons (Fsp3) is 1.00. The van der Waals surface area contributed by atoms with Crippen molar-refractivity contribution in [2.45, 2.75) is 0 Å². The predicted molar refractivity (Wildman–Crippen MR) is 7.04 cm³/mol. The van der Waals surface area contributed by atoms with Gasteiger partial charge in [-0.3, -0.25) is 0 Å². The number of hydrogen-bond donors (Lipinski definition) is 0. The molecule has 0 atom stereocenters. The fourth-order valence-corrected chi connectivity index (χ4v) is 0. The minimum Gasteiger partial charge on any atom is -1.00 e. The van der Waals surface area contributed by atoms with Crippen LogP contribution in [0.15, 0.2) is 0 Å². The third kappa shape index (κ3) is 9.03. The van der Waals surface area contributed by atoms with Crippen molar-refractivity contribution in [2.24, 2.45) is 0 Å². The third-order valence-electron chi connectivity index (χ3n) is 0. The van der Waals surface area contributed by atoms with Gasteiger partial charge in [-0.05, 0) is 0 Å². The second kappa shape index (κ2) is 20.2. The molecular weight excluding hydrogens is 74.0 g/mol. The maximum Gasteiger partial charge on any atom is 1.00 e. The van der Waals surface area contributed by atoms with Crippen LogP contribution in [0.3, 0.4) is 0 Å². The van der Waals surface area contributed by atoms with E-state index in [9.17, 15) is 0 Å². The normalized spacial score (nSPS) is 1.50. The molecule has 0 radical (unpaired) electrons. The van der Waals surface area contributed by atoms with Crippen LogP contribution < -0.4 is 64.2 Å². The van der Waals surface area contributed by atoms with Crippen molar-refractivity contribution in [3.63, 3.8) is 0 Å². The average Bonchev–Trinajstić information content (AvgIpc) is 1.00. The van der Waals surface area contributed by atoms with Crippen LogP contribution in [0, 0.1) is 0 Å². The zero-order valence-corrected chi connectivity index (χ0v) is 7.41. The summed E-state index contributed by atoms with van der Waals surface area (Å²) in [5.41, 5.74) is 0. The van der Waals surface area contributed by atoms with E-state index in [2.05, 4.69) is 0 Å². The van der Waals surface area contributed by atoms with Crippen molar-refractivity contribution in [1.29, 1.82) is 0 Å². The Morgan fingerprint density at radius 2 is 1.25 bits per heavy atom. The van der Waals surface area contributed by atoms with Gasteiger partial charge in [0.05, 0.1) is 0 Å².